The van der Waals surface area contributed by atoms with E-state index in [1.54, 1.807) is 0 Å². The molecule has 1 fully saturated rings. The molecule has 1 aliphatic rings. The zero-order valence-electron chi connectivity index (χ0n) is 11.4. The molecular formula is C14H27NO2. The molecular weight excluding hydrogens is 214 g/mol. The Balaban J connectivity index is 2.80. The van der Waals surface area contributed by atoms with E-state index in [-0.39, 0.29) is 5.54 Å². The lowest BCUT2D eigenvalue weighted by Crippen LogP contribution is -2.50. The molecule has 0 aromatic rings. The van der Waals surface area contributed by atoms with Crippen LogP contribution < -0.4 is 0 Å². The maximum Gasteiger partial charge on any atom is 0.305 e. The van der Waals surface area contributed by atoms with Gasteiger partial charge >= 0.3 is 5.97 Å². The monoisotopic (exact) mass is 241 g/mol. The first-order valence-corrected chi connectivity index (χ1v) is 7.11. The summed E-state index contributed by atoms with van der Waals surface area (Å²) in [6.45, 7) is 6.47. The molecule has 3 nitrogen and oxygen atoms in total. The zero-order valence-corrected chi connectivity index (χ0v) is 11.4. The number of hydrogen-bond donors (Lipinski definition) is 1. The summed E-state index contributed by atoms with van der Waals surface area (Å²) in [6, 6.07) is 0. The van der Waals surface area contributed by atoms with Gasteiger partial charge in [0.05, 0.1) is 6.42 Å². The van der Waals surface area contributed by atoms with Crippen molar-refractivity contribution in [3.63, 3.8) is 0 Å². The van der Waals surface area contributed by atoms with Gasteiger partial charge in [-0.2, -0.15) is 0 Å². The average molecular weight is 241 g/mol. The number of rotatable bonds is 6. The van der Waals surface area contributed by atoms with Gasteiger partial charge in [0.2, 0.25) is 0 Å². The zero-order chi connectivity index (χ0) is 12.7. The number of carbonyl (C=O) groups is 1. The smallest absolute Gasteiger partial charge is 0.305 e. The lowest BCUT2D eigenvalue weighted by Gasteiger charge is -2.42. The predicted molar refractivity (Wildman–Crippen MR) is 70.2 cm³/mol. The van der Waals surface area contributed by atoms with Crippen molar-refractivity contribution in [1.29, 1.82) is 0 Å². The van der Waals surface area contributed by atoms with E-state index in [4.69, 9.17) is 0 Å². The van der Waals surface area contributed by atoms with Gasteiger partial charge in [-0.25, -0.2) is 0 Å². The SMILES string of the molecule is CCCC(CC)(CC(=O)O)N1CCCCCC1. The van der Waals surface area contributed by atoms with Gasteiger partial charge in [0, 0.05) is 5.54 Å². The Labute approximate surface area is 105 Å². The maximum absolute atomic E-state index is 11.2. The largest absolute Gasteiger partial charge is 0.481 e. The van der Waals surface area contributed by atoms with E-state index in [9.17, 15) is 9.90 Å². The van der Waals surface area contributed by atoms with Crippen LogP contribution in [0.15, 0.2) is 0 Å². The van der Waals surface area contributed by atoms with Crippen LogP contribution in [0.1, 0.15) is 65.2 Å². The number of hydrogen-bond acceptors (Lipinski definition) is 2. The van der Waals surface area contributed by atoms with Crippen molar-refractivity contribution >= 4 is 5.97 Å². The summed E-state index contributed by atoms with van der Waals surface area (Å²) >= 11 is 0. The molecule has 1 heterocycles. The molecule has 0 amide bonds. The van der Waals surface area contributed by atoms with E-state index in [0.717, 1.165) is 32.4 Å². The summed E-state index contributed by atoms with van der Waals surface area (Å²) in [5.41, 5.74) is -0.0923. The molecule has 1 atom stereocenters. The van der Waals surface area contributed by atoms with E-state index < -0.39 is 5.97 Å². The van der Waals surface area contributed by atoms with Gasteiger partial charge in [0.25, 0.3) is 0 Å². The van der Waals surface area contributed by atoms with Gasteiger partial charge in [0.1, 0.15) is 0 Å². The molecule has 1 unspecified atom stereocenters. The van der Waals surface area contributed by atoms with Crippen molar-refractivity contribution in [1.82, 2.24) is 4.90 Å². The van der Waals surface area contributed by atoms with E-state index in [2.05, 4.69) is 18.7 Å². The summed E-state index contributed by atoms with van der Waals surface area (Å²) < 4.78 is 0. The fraction of sp³-hybridized carbons (Fsp3) is 0.929. The van der Waals surface area contributed by atoms with E-state index in [1.165, 1.54) is 25.7 Å². The van der Waals surface area contributed by atoms with Crippen LogP contribution in [-0.4, -0.2) is 34.6 Å². The van der Waals surface area contributed by atoms with Crippen molar-refractivity contribution in [3.8, 4) is 0 Å². The van der Waals surface area contributed by atoms with Gasteiger partial charge < -0.3 is 5.11 Å². The second-order valence-electron chi connectivity index (χ2n) is 5.30. The lowest BCUT2D eigenvalue weighted by atomic mass is 9.85. The molecule has 0 saturated carbocycles. The summed E-state index contributed by atoms with van der Waals surface area (Å²) in [5.74, 6) is -0.649. The van der Waals surface area contributed by atoms with Gasteiger partial charge in [0.15, 0.2) is 0 Å². The van der Waals surface area contributed by atoms with Crippen LogP contribution in [0.25, 0.3) is 0 Å². The molecule has 1 saturated heterocycles. The summed E-state index contributed by atoms with van der Waals surface area (Å²) in [7, 11) is 0. The molecule has 3 heteroatoms. The Morgan fingerprint density at radius 1 is 1.18 bits per heavy atom. The molecule has 0 aromatic heterocycles. The van der Waals surface area contributed by atoms with E-state index >= 15 is 0 Å². The number of likely N-dealkylation sites (tertiary alicyclic amines) is 1. The second-order valence-corrected chi connectivity index (χ2v) is 5.30. The third-order valence-electron chi connectivity index (χ3n) is 4.13. The highest BCUT2D eigenvalue weighted by Crippen LogP contribution is 2.31. The topological polar surface area (TPSA) is 40.5 Å². The first-order chi connectivity index (χ1) is 8.14. The number of nitrogens with zero attached hydrogens (tertiary/aromatic N) is 1. The highest BCUT2D eigenvalue weighted by Gasteiger charge is 2.36. The molecule has 100 valence electrons. The Hall–Kier alpha value is -0.570. The van der Waals surface area contributed by atoms with E-state index in [1.807, 2.05) is 0 Å². The molecule has 17 heavy (non-hydrogen) atoms. The van der Waals surface area contributed by atoms with Crippen LogP contribution in [0.2, 0.25) is 0 Å². The number of carboxylic acids is 1. The van der Waals surface area contributed by atoms with Crippen LogP contribution in [0, 0.1) is 0 Å². The molecule has 0 spiro atoms. The van der Waals surface area contributed by atoms with E-state index in [0.29, 0.717) is 6.42 Å². The Bertz CT molecular complexity index is 234. The molecule has 1 N–H and O–H groups in total. The van der Waals surface area contributed by atoms with Crippen LogP contribution >= 0.6 is 0 Å². The molecule has 1 rings (SSSR count). The van der Waals surface area contributed by atoms with Crippen LogP contribution in [0.3, 0.4) is 0 Å². The highest BCUT2D eigenvalue weighted by molar-refractivity contribution is 5.68. The van der Waals surface area contributed by atoms with Crippen molar-refractivity contribution in [2.24, 2.45) is 0 Å². The minimum Gasteiger partial charge on any atom is -0.481 e. The third kappa shape index (κ3) is 3.98. The Kier molecular flexibility index (Phi) is 5.96. The number of carboxylic acid groups (broad SMARTS) is 1. The Morgan fingerprint density at radius 2 is 1.76 bits per heavy atom. The Morgan fingerprint density at radius 3 is 2.18 bits per heavy atom. The third-order valence-corrected chi connectivity index (χ3v) is 4.13. The van der Waals surface area contributed by atoms with Gasteiger partial charge in [-0.05, 0) is 38.8 Å². The first-order valence-electron chi connectivity index (χ1n) is 7.11. The van der Waals surface area contributed by atoms with Crippen LogP contribution in [0.5, 0.6) is 0 Å². The first kappa shape index (κ1) is 14.5. The maximum atomic E-state index is 11.2. The van der Waals surface area contributed by atoms with Crippen molar-refractivity contribution < 1.29 is 9.90 Å². The van der Waals surface area contributed by atoms with Crippen molar-refractivity contribution in [2.75, 3.05) is 13.1 Å². The normalized spacial score (nSPS) is 21.8. The fourth-order valence-electron chi connectivity index (χ4n) is 3.18. The quantitative estimate of drug-likeness (QED) is 0.775. The lowest BCUT2D eigenvalue weighted by molar-refractivity contribution is -0.141. The van der Waals surface area contributed by atoms with Crippen LogP contribution in [0.4, 0.5) is 0 Å². The molecule has 1 aliphatic heterocycles. The summed E-state index contributed by atoms with van der Waals surface area (Å²) in [4.78, 5) is 13.6. The van der Waals surface area contributed by atoms with Gasteiger partial charge in [-0.3, -0.25) is 9.69 Å². The van der Waals surface area contributed by atoms with Crippen LogP contribution in [-0.2, 0) is 4.79 Å². The molecule has 0 radical (unpaired) electrons. The standard InChI is InChI=1S/C14H27NO2/c1-3-9-14(4-2,12-13(16)17)15-10-7-5-6-8-11-15/h3-12H2,1-2H3,(H,16,17). The molecule has 0 aromatic carbocycles. The van der Waals surface area contributed by atoms with Gasteiger partial charge in [-0.15, -0.1) is 0 Å². The minimum atomic E-state index is -0.649. The molecule has 0 bridgehead atoms. The fourth-order valence-corrected chi connectivity index (χ4v) is 3.18. The summed E-state index contributed by atoms with van der Waals surface area (Å²) in [5, 5.41) is 9.18. The minimum absolute atomic E-state index is 0.0923. The molecule has 0 aliphatic carbocycles. The van der Waals surface area contributed by atoms with Crippen molar-refractivity contribution in [3.05, 3.63) is 0 Å². The van der Waals surface area contributed by atoms with Gasteiger partial charge in [-0.1, -0.05) is 33.1 Å². The predicted octanol–water partition coefficient (Wildman–Crippen LogP) is 3.29. The second kappa shape index (κ2) is 7.00. The summed E-state index contributed by atoms with van der Waals surface area (Å²) in [6.07, 6.45) is 8.39. The van der Waals surface area contributed by atoms with Crippen molar-refractivity contribution in [2.45, 2.75) is 70.8 Å². The highest BCUT2D eigenvalue weighted by atomic mass is 16.4. The number of aliphatic carboxylic acids is 1. The average Bonchev–Trinajstić information content (AvgIpc) is 2.56.